The van der Waals surface area contributed by atoms with Gasteiger partial charge in [-0.2, -0.15) is 0 Å². The molecule has 2 saturated heterocycles. The molecular formula is C27H40N6O4. The number of benzene rings is 1. The van der Waals surface area contributed by atoms with Crippen molar-refractivity contribution in [1.29, 1.82) is 0 Å². The van der Waals surface area contributed by atoms with E-state index in [1.54, 1.807) is 21.9 Å². The van der Waals surface area contributed by atoms with Crippen LogP contribution in [0.1, 0.15) is 51.4 Å². The molecule has 0 radical (unpaired) electrons. The molecule has 1 aromatic carbocycles. The van der Waals surface area contributed by atoms with Crippen molar-refractivity contribution in [3.05, 3.63) is 30.3 Å². The van der Waals surface area contributed by atoms with E-state index in [4.69, 9.17) is 5.73 Å². The molecule has 2 aliphatic heterocycles. The van der Waals surface area contributed by atoms with Crippen LogP contribution in [-0.4, -0.2) is 78.4 Å². The molecule has 0 spiro atoms. The molecule has 1 saturated carbocycles. The van der Waals surface area contributed by atoms with Gasteiger partial charge in [0.25, 0.3) is 0 Å². The number of carbonyl (C=O) groups is 4. The number of amides is 5. The molecule has 5 N–H and O–H groups in total. The number of rotatable bonds is 7. The van der Waals surface area contributed by atoms with E-state index in [0.717, 1.165) is 38.8 Å². The fourth-order valence-corrected chi connectivity index (χ4v) is 5.75. The summed E-state index contributed by atoms with van der Waals surface area (Å²) in [5, 5.41) is 8.98. The third-order valence-electron chi connectivity index (χ3n) is 7.92. The lowest BCUT2D eigenvalue weighted by molar-refractivity contribution is -0.147. The highest BCUT2D eigenvalue weighted by atomic mass is 16.2. The number of hydrogen-bond acceptors (Lipinski definition) is 5. The summed E-state index contributed by atoms with van der Waals surface area (Å²) in [4.78, 5) is 55.5. The number of urea groups is 1. The first-order chi connectivity index (χ1) is 17.9. The largest absolute Gasteiger partial charge is 0.368 e. The average Bonchev–Trinajstić information content (AvgIpc) is 2.93. The zero-order chi connectivity index (χ0) is 26.2. The van der Waals surface area contributed by atoms with Crippen molar-refractivity contribution in [1.82, 2.24) is 20.4 Å². The Hall–Kier alpha value is -3.14. The number of nitrogens with zero attached hydrogens (tertiary/aromatic N) is 2. The molecule has 202 valence electrons. The lowest BCUT2D eigenvalue weighted by Gasteiger charge is -2.42. The first-order valence-corrected chi connectivity index (χ1v) is 13.6. The van der Waals surface area contributed by atoms with E-state index < -0.39 is 23.9 Å². The third-order valence-corrected chi connectivity index (χ3v) is 7.92. The summed E-state index contributed by atoms with van der Waals surface area (Å²) in [6, 6.07) is 7.11. The fraction of sp³-hybridized carbons (Fsp3) is 0.630. The maximum atomic E-state index is 13.6. The molecular weight excluding hydrogens is 472 g/mol. The molecule has 10 heteroatoms. The van der Waals surface area contributed by atoms with Crippen LogP contribution in [0.25, 0.3) is 0 Å². The molecule has 2 unspecified atom stereocenters. The maximum Gasteiger partial charge on any atom is 0.321 e. The van der Waals surface area contributed by atoms with Gasteiger partial charge in [0.05, 0.1) is 6.54 Å². The van der Waals surface area contributed by atoms with Crippen LogP contribution in [0.5, 0.6) is 0 Å². The van der Waals surface area contributed by atoms with Crippen molar-refractivity contribution in [3.63, 3.8) is 0 Å². The topological polar surface area (TPSA) is 137 Å². The first kappa shape index (κ1) is 26.9. The monoisotopic (exact) mass is 512 g/mol. The highest BCUT2D eigenvalue weighted by Gasteiger charge is 2.40. The predicted octanol–water partition coefficient (Wildman–Crippen LogP) is 1.67. The van der Waals surface area contributed by atoms with Gasteiger partial charge in [0.1, 0.15) is 12.1 Å². The number of primary amides is 1. The quantitative estimate of drug-likeness (QED) is 0.441. The van der Waals surface area contributed by atoms with Gasteiger partial charge >= 0.3 is 6.03 Å². The standard InChI is InChI=1S/C27H40N6O4/c28-24(34)22(17-19-7-3-1-4-8-19)31-25(35)23-18-32(27(37)30-21-9-5-2-6-10-21)15-16-33(23)26(36)20-11-13-29-14-12-20/h2,5-6,9-10,19-20,22-23,29H,1,3-4,7-8,11-18H2,(H2,28,34)(H,30,37)(H,31,35). The number of carbonyl (C=O) groups excluding carboxylic acids is 4. The van der Waals surface area contributed by atoms with Crippen LogP contribution in [0.15, 0.2) is 30.3 Å². The molecule has 3 aliphatic rings. The summed E-state index contributed by atoms with van der Waals surface area (Å²) in [6.45, 7) is 2.15. The van der Waals surface area contributed by atoms with Crippen LogP contribution in [0.4, 0.5) is 10.5 Å². The van der Waals surface area contributed by atoms with E-state index in [9.17, 15) is 19.2 Å². The lowest BCUT2D eigenvalue weighted by Crippen LogP contribution is -2.64. The van der Waals surface area contributed by atoms with Crippen LogP contribution >= 0.6 is 0 Å². The minimum Gasteiger partial charge on any atom is -0.368 e. The number of nitrogens with two attached hydrogens (primary N) is 1. The molecule has 1 aliphatic carbocycles. The van der Waals surface area contributed by atoms with Gasteiger partial charge in [-0.15, -0.1) is 0 Å². The van der Waals surface area contributed by atoms with Crippen molar-refractivity contribution in [2.75, 3.05) is 38.0 Å². The SMILES string of the molecule is NC(=O)C(CC1CCCCC1)NC(=O)C1CN(C(=O)Nc2ccccc2)CCN1C(=O)C1CCNCC1. The minimum atomic E-state index is -0.883. The summed E-state index contributed by atoms with van der Waals surface area (Å²) in [5.41, 5.74) is 6.34. The average molecular weight is 513 g/mol. The summed E-state index contributed by atoms with van der Waals surface area (Å²) in [7, 11) is 0. The zero-order valence-corrected chi connectivity index (χ0v) is 21.5. The van der Waals surface area contributed by atoms with Crippen LogP contribution in [0.3, 0.4) is 0 Å². The second-order valence-electron chi connectivity index (χ2n) is 10.5. The molecule has 5 amide bonds. The molecule has 3 fully saturated rings. The zero-order valence-electron chi connectivity index (χ0n) is 21.5. The van der Waals surface area contributed by atoms with Crippen molar-refractivity contribution >= 4 is 29.4 Å². The van der Waals surface area contributed by atoms with Gasteiger partial charge < -0.3 is 31.5 Å². The number of para-hydroxylation sites is 1. The van der Waals surface area contributed by atoms with Gasteiger partial charge in [-0.05, 0) is 50.4 Å². The van der Waals surface area contributed by atoms with E-state index in [-0.39, 0.29) is 30.9 Å². The summed E-state index contributed by atoms with van der Waals surface area (Å²) in [5.74, 6) is -0.870. The van der Waals surface area contributed by atoms with Gasteiger partial charge in [0.15, 0.2) is 0 Å². The Morgan fingerprint density at radius 2 is 1.68 bits per heavy atom. The van der Waals surface area contributed by atoms with Gasteiger partial charge in [-0.25, -0.2) is 4.79 Å². The minimum absolute atomic E-state index is 0.0517. The second kappa shape index (κ2) is 12.9. The smallest absolute Gasteiger partial charge is 0.321 e. The summed E-state index contributed by atoms with van der Waals surface area (Å²) < 4.78 is 0. The van der Waals surface area contributed by atoms with E-state index in [0.29, 0.717) is 37.4 Å². The third kappa shape index (κ3) is 7.21. The number of nitrogens with one attached hydrogen (secondary N) is 3. The van der Waals surface area contributed by atoms with Gasteiger partial charge in [0.2, 0.25) is 17.7 Å². The Morgan fingerprint density at radius 1 is 0.973 bits per heavy atom. The molecule has 2 heterocycles. The fourth-order valence-electron chi connectivity index (χ4n) is 5.75. The number of piperazine rings is 1. The van der Waals surface area contributed by atoms with Crippen molar-refractivity contribution in [2.45, 2.75) is 63.5 Å². The Kier molecular flexibility index (Phi) is 9.38. The van der Waals surface area contributed by atoms with E-state index in [1.165, 1.54) is 6.42 Å². The molecule has 4 rings (SSSR count). The number of hydrogen-bond donors (Lipinski definition) is 4. The maximum absolute atomic E-state index is 13.6. The lowest BCUT2D eigenvalue weighted by atomic mass is 9.84. The highest BCUT2D eigenvalue weighted by molar-refractivity contribution is 5.94. The molecule has 0 bridgehead atoms. The summed E-state index contributed by atoms with van der Waals surface area (Å²) in [6.07, 6.45) is 7.43. The molecule has 0 aromatic heterocycles. The number of anilines is 1. The Balaban J connectivity index is 1.47. The Labute approximate surface area is 218 Å². The Bertz CT molecular complexity index is 945. The first-order valence-electron chi connectivity index (χ1n) is 13.6. The van der Waals surface area contributed by atoms with E-state index in [1.807, 2.05) is 18.2 Å². The summed E-state index contributed by atoms with van der Waals surface area (Å²) >= 11 is 0. The van der Waals surface area contributed by atoms with Gasteiger partial charge in [-0.1, -0.05) is 50.3 Å². The van der Waals surface area contributed by atoms with Gasteiger partial charge in [0, 0.05) is 24.7 Å². The number of piperidine rings is 1. The van der Waals surface area contributed by atoms with Crippen LogP contribution < -0.4 is 21.7 Å². The highest BCUT2D eigenvalue weighted by Crippen LogP contribution is 2.27. The second-order valence-corrected chi connectivity index (χ2v) is 10.5. The van der Waals surface area contributed by atoms with Crippen molar-refractivity contribution < 1.29 is 19.2 Å². The Morgan fingerprint density at radius 3 is 2.35 bits per heavy atom. The van der Waals surface area contributed by atoms with E-state index in [2.05, 4.69) is 16.0 Å². The molecule has 2 atom stereocenters. The van der Waals surface area contributed by atoms with E-state index >= 15 is 0 Å². The molecule has 10 nitrogen and oxygen atoms in total. The van der Waals surface area contributed by atoms with Gasteiger partial charge in [-0.3, -0.25) is 14.4 Å². The van der Waals surface area contributed by atoms with Crippen molar-refractivity contribution in [2.24, 2.45) is 17.6 Å². The molecule has 1 aromatic rings. The predicted molar refractivity (Wildman–Crippen MR) is 140 cm³/mol. The van der Waals surface area contributed by atoms with Crippen LogP contribution in [0.2, 0.25) is 0 Å². The van der Waals surface area contributed by atoms with Crippen LogP contribution in [-0.2, 0) is 14.4 Å². The molecule has 37 heavy (non-hydrogen) atoms. The normalized spacial score (nSPS) is 22.2. The van der Waals surface area contributed by atoms with Crippen molar-refractivity contribution in [3.8, 4) is 0 Å². The van der Waals surface area contributed by atoms with Crippen LogP contribution in [0, 0.1) is 11.8 Å².